The van der Waals surface area contributed by atoms with E-state index < -0.39 is 0 Å². The second-order valence-electron chi connectivity index (χ2n) is 4.84. The summed E-state index contributed by atoms with van der Waals surface area (Å²) in [5.74, 6) is 0.846. The van der Waals surface area contributed by atoms with E-state index in [4.69, 9.17) is 9.47 Å². The largest absolute Gasteiger partial charge is 0.491 e. The van der Waals surface area contributed by atoms with Crippen molar-refractivity contribution in [3.05, 3.63) is 30.3 Å². The number of methoxy groups -OCH3 is 1. The molecule has 1 saturated heterocycles. The number of para-hydroxylation sites is 1. The first kappa shape index (κ1) is 14.7. The zero-order chi connectivity index (χ0) is 14.2. The summed E-state index contributed by atoms with van der Waals surface area (Å²) in [6, 6.07) is 9.82. The average molecular weight is 278 g/mol. The molecule has 2 rings (SSSR count). The number of carbonyl (C=O) groups excluding carboxylic acids is 1. The number of urea groups is 1. The lowest BCUT2D eigenvalue weighted by Crippen LogP contribution is -2.45. The Hall–Kier alpha value is -1.75. The van der Waals surface area contributed by atoms with Crippen molar-refractivity contribution >= 4 is 6.03 Å². The van der Waals surface area contributed by atoms with Gasteiger partial charge in [0.25, 0.3) is 0 Å². The van der Waals surface area contributed by atoms with Gasteiger partial charge < -0.3 is 19.7 Å². The highest BCUT2D eigenvalue weighted by Crippen LogP contribution is 2.19. The molecule has 110 valence electrons. The number of nitrogens with one attached hydrogen (secondary N) is 1. The van der Waals surface area contributed by atoms with Gasteiger partial charge in [-0.05, 0) is 25.0 Å². The topological polar surface area (TPSA) is 50.8 Å². The fourth-order valence-electron chi connectivity index (χ4n) is 2.35. The number of carbonyl (C=O) groups is 1. The van der Waals surface area contributed by atoms with E-state index in [0.29, 0.717) is 19.8 Å². The van der Waals surface area contributed by atoms with E-state index >= 15 is 0 Å². The minimum absolute atomic E-state index is 0.0267. The van der Waals surface area contributed by atoms with Crippen LogP contribution in [-0.2, 0) is 4.74 Å². The lowest BCUT2D eigenvalue weighted by Gasteiger charge is -2.25. The lowest BCUT2D eigenvalue weighted by molar-refractivity contribution is 0.158. The molecule has 20 heavy (non-hydrogen) atoms. The molecule has 5 nitrogen and oxygen atoms in total. The summed E-state index contributed by atoms with van der Waals surface area (Å²) >= 11 is 0. The molecule has 1 fully saturated rings. The predicted octanol–water partition coefficient (Wildman–Crippen LogP) is 1.89. The summed E-state index contributed by atoms with van der Waals surface area (Å²) in [4.78, 5) is 13.9. The molecular formula is C15H22N2O3. The van der Waals surface area contributed by atoms with Gasteiger partial charge in [-0.15, -0.1) is 0 Å². The maximum atomic E-state index is 12.0. The number of hydrogen-bond donors (Lipinski definition) is 1. The summed E-state index contributed by atoms with van der Waals surface area (Å²) in [6.07, 6.45) is 2.02. The van der Waals surface area contributed by atoms with Crippen molar-refractivity contribution in [3.8, 4) is 5.75 Å². The third-order valence-corrected chi connectivity index (χ3v) is 3.41. The molecule has 0 unspecified atom stereocenters. The summed E-state index contributed by atoms with van der Waals surface area (Å²) in [5.41, 5.74) is 0. The van der Waals surface area contributed by atoms with Gasteiger partial charge in [0.1, 0.15) is 12.4 Å². The summed E-state index contributed by atoms with van der Waals surface area (Å²) < 4.78 is 10.7. The second kappa shape index (κ2) is 7.75. The molecular weight excluding hydrogens is 256 g/mol. The van der Waals surface area contributed by atoms with Gasteiger partial charge >= 0.3 is 6.03 Å². The van der Waals surface area contributed by atoms with Crippen LogP contribution in [-0.4, -0.2) is 50.4 Å². The predicted molar refractivity (Wildman–Crippen MR) is 76.9 cm³/mol. The number of ether oxygens (including phenoxy) is 2. The van der Waals surface area contributed by atoms with E-state index in [1.54, 1.807) is 7.11 Å². The van der Waals surface area contributed by atoms with Gasteiger partial charge in [0.15, 0.2) is 0 Å². The fourth-order valence-corrected chi connectivity index (χ4v) is 2.35. The van der Waals surface area contributed by atoms with Crippen molar-refractivity contribution in [3.63, 3.8) is 0 Å². The molecule has 1 atom stereocenters. The van der Waals surface area contributed by atoms with Crippen molar-refractivity contribution in [1.29, 1.82) is 0 Å². The van der Waals surface area contributed by atoms with E-state index in [1.807, 2.05) is 35.2 Å². The molecule has 1 heterocycles. The molecule has 0 radical (unpaired) electrons. The van der Waals surface area contributed by atoms with Crippen LogP contribution in [0.3, 0.4) is 0 Å². The first-order valence-electron chi connectivity index (χ1n) is 7.02. The number of nitrogens with zero attached hydrogens (tertiary/aromatic N) is 1. The minimum atomic E-state index is -0.0267. The molecule has 1 N–H and O–H groups in total. The zero-order valence-electron chi connectivity index (χ0n) is 11.9. The van der Waals surface area contributed by atoms with Crippen LogP contribution in [0.5, 0.6) is 5.75 Å². The Kier molecular flexibility index (Phi) is 5.68. The van der Waals surface area contributed by atoms with E-state index in [0.717, 1.165) is 25.1 Å². The quantitative estimate of drug-likeness (QED) is 0.808. The smallest absolute Gasteiger partial charge is 0.317 e. The molecule has 1 aromatic carbocycles. The van der Waals surface area contributed by atoms with Gasteiger partial charge in [-0.3, -0.25) is 0 Å². The lowest BCUT2D eigenvalue weighted by atomic mass is 10.2. The number of hydrogen-bond acceptors (Lipinski definition) is 3. The molecule has 2 amide bonds. The maximum Gasteiger partial charge on any atom is 0.317 e. The van der Waals surface area contributed by atoms with Crippen molar-refractivity contribution < 1.29 is 14.3 Å². The number of benzene rings is 1. The van der Waals surface area contributed by atoms with Crippen molar-refractivity contribution in [1.82, 2.24) is 10.2 Å². The second-order valence-corrected chi connectivity index (χ2v) is 4.84. The van der Waals surface area contributed by atoms with E-state index in [-0.39, 0.29) is 12.1 Å². The molecule has 0 spiro atoms. The molecule has 5 heteroatoms. The Morgan fingerprint density at radius 1 is 1.40 bits per heavy atom. The monoisotopic (exact) mass is 278 g/mol. The zero-order valence-corrected chi connectivity index (χ0v) is 11.9. The van der Waals surface area contributed by atoms with Gasteiger partial charge in [0.2, 0.25) is 0 Å². The van der Waals surface area contributed by atoms with Crippen molar-refractivity contribution in [2.45, 2.75) is 18.9 Å². The standard InChI is InChI=1S/C15H22N2O3/c1-19-11-9-16-15(18)17-10-5-6-13(17)12-20-14-7-3-2-4-8-14/h2-4,7-8,13H,5-6,9-12H2,1H3,(H,16,18)/t13-/m0/s1. The molecule has 0 saturated carbocycles. The highest BCUT2D eigenvalue weighted by molar-refractivity contribution is 5.74. The van der Waals surface area contributed by atoms with Crippen LogP contribution in [0, 0.1) is 0 Å². The molecule has 1 aliphatic heterocycles. The third-order valence-electron chi connectivity index (χ3n) is 3.41. The van der Waals surface area contributed by atoms with Crippen molar-refractivity contribution in [2.75, 3.05) is 33.4 Å². The first-order valence-corrected chi connectivity index (χ1v) is 7.02. The van der Waals surface area contributed by atoms with E-state index in [2.05, 4.69) is 5.32 Å². The van der Waals surface area contributed by atoms with Crippen LogP contribution < -0.4 is 10.1 Å². The number of rotatable bonds is 6. The maximum absolute atomic E-state index is 12.0. The summed E-state index contributed by atoms with van der Waals surface area (Å²) in [7, 11) is 1.62. The Morgan fingerprint density at radius 2 is 2.20 bits per heavy atom. The van der Waals surface area contributed by atoms with E-state index in [9.17, 15) is 4.79 Å². The van der Waals surface area contributed by atoms with Crippen LogP contribution in [0.2, 0.25) is 0 Å². The molecule has 0 aromatic heterocycles. The Bertz CT molecular complexity index is 411. The average Bonchev–Trinajstić information content (AvgIpc) is 2.95. The number of likely N-dealkylation sites (tertiary alicyclic amines) is 1. The van der Waals surface area contributed by atoms with Crippen LogP contribution in [0.25, 0.3) is 0 Å². The van der Waals surface area contributed by atoms with Crippen molar-refractivity contribution in [2.24, 2.45) is 0 Å². The summed E-state index contributed by atoms with van der Waals surface area (Å²) in [6.45, 7) is 2.41. The Balaban J connectivity index is 1.79. The van der Waals surface area contributed by atoms with Crippen LogP contribution in [0.4, 0.5) is 4.79 Å². The molecule has 1 aromatic rings. The SMILES string of the molecule is COCCNC(=O)N1CCC[C@H]1COc1ccccc1. The molecule has 0 aliphatic carbocycles. The van der Waals surface area contributed by atoms with Gasteiger partial charge in [-0.1, -0.05) is 18.2 Å². The van der Waals surface area contributed by atoms with Gasteiger partial charge in [0, 0.05) is 20.2 Å². The number of amides is 2. The first-order chi connectivity index (χ1) is 9.81. The van der Waals surface area contributed by atoms with Gasteiger partial charge in [0.05, 0.1) is 12.6 Å². The molecule has 0 bridgehead atoms. The van der Waals surface area contributed by atoms with Gasteiger partial charge in [-0.2, -0.15) is 0 Å². The van der Waals surface area contributed by atoms with Crippen LogP contribution in [0.1, 0.15) is 12.8 Å². The highest BCUT2D eigenvalue weighted by atomic mass is 16.5. The highest BCUT2D eigenvalue weighted by Gasteiger charge is 2.28. The van der Waals surface area contributed by atoms with Crippen LogP contribution in [0.15, 0.2) is 30.3 Å². The van der Waals surface area contributed by atoms with Crippen LogP contribution >= 0.6 is 0 Å². The fraction of sp³-hybridized carbons (Fsp3) is 0.533. The van der Waals surface area contributed by atoms with Gasteiger partial charge in [-0.25, -0.2) is 4.79 Å². The van der Waals surface area contributed by atoms with E-state index in [1.165, 1.54) is 0 Å². The third kappa shape index (κ3) is 4.13. The summed E-state index contributed by atoms with van der Waals surface area (Å²) in [5, 5.41) is 2.86. The normalized spacial score (nSPS) is 18.1. The Morgan fingerprint density at radius 3 is 2.95 bits per heavy atom. The Labute approximate surface area is 119 Å². The minimum Gasteiger partial charge on any atom is -0.491 e. The molecule has 1 aliphatic rings.